The van der Waals surface area contributed by atoms with E-state index < -0.39 is 0 Å². The summed E-state index contributed by atoms with van der Waals surface area (Å²) in [5.74, 6) is 0.838. The maximum absolute atomic E-state index is 5.69. The summed E-state index contributed by atoms with van der Waals surface area (Å²) in [6, 6.07) is 59.2. The van der Waals surface area contributed by atoms with Gasteiger partial charge in [-0.15, -0.1) is 11.3 Å². The summed E-state index contributed by atoms with van der Waals surface area (Å²) in [5, 5.41) is 14.7. The highest BCUT2D eigenvalue weighted by Crippen LogP contribution is 2.49. The Morgan fingerprint density at radius 2 is 1.06 bits per heavy atom. The fourth-order valence-electron chi connectivity index (χ4n) is 8.55. The van der Waals surface area contributed by atoms with Gasteiger partial charge >= 0.3 is 0 Å². The lowest BCUT2D eigenvalue weighted by atomic mass is 9.98. The van der Waals surface area contributed by atoms with Crippen LogP contribution >= 0.6 is 11.3 Å². The van der Waals surface area contributed by atoms with Crippen molar-refractivity contribution in [1.82, 2.24) is 14.5 Å². The van der Waals surface area contributed by atoms with E-state index in [4.69, 9.17) is 9.97 Å². The molecule has 0 atom stereocenters. The molecule has 12 rings (SSSR count). The molecular weight excluding hydrogens is 651 g/mol. The lowest BCUT2D eigenvalue weighted by Gasteiger charge is -2.16. The minimum atomic E-state index is 0.838. The second-order valence-electron chi connectivity index (χ2n) is 13.7. The van der Waals surface area contributed by atoms with Crippen LogP contribution in [0.3, 0.4) is 0 Å². The standard InChI is InChI=1S/C48H27N3S/c1-2-13-30-25-33(22-21-28(30)11-1)44-48(50-45-34-16-6-5-12-29(34)23-24-39(45)49-44)51-40-20-10-9-19-37(40)42-35-17-7-8-18-36(35)43-38-26-31-14-3-4-15-32(31)27-41(38)52-47(43)46(42)51/h1-27H. The topological polar surface area (TPSA) is 30.7 Å². The van der Waals surface area contributed by atoms with E-state index in [0.717, 1.165) is 44.4 Å². The predicted molar refractivity (Wildman–Crippen MR) is 222 cm³/mol. The van der Waals surface area contributed by atoms with Gasteiger partial charge in [0, 0.05) is 37.2 Å². The Morgan fingerprint density at radius 1 is 0.442 bits per heavy atom. The van der Waals surface area contributed by atoms with E-state index in [2.05, 4.69) is 168 Å². The van der Waals surface area contributed by atoms with E-state index >= 15 is 0 Å². The van der Waals surface area contributed by atoms with Crippen LogP contribution in [0.25, 0.3) is 113 Å². The van der Waals surface area contributed by atoms with Gasteiger partial charge in [0.05, 0.1) is 26.8 Å². The van der Waals surface area contributed by atoms with Crippen molar-refractivity contribution in [2.24, 2.45) is 0 Å². The molecule has 0 aliphatic carbocycles. The van der Waals surface area contributed by atoms with Gasteiger partial charge in [-0.05, 0) is 68.0 Å². The predicted octanol–water partition coefficient (Wildman–Crippen LogP) is 13.4. The number of para-hydroxylation sites is 1. The molecule has 3 nitrogen and oxygen atoms in total. The van der Waals surface area contributed by atoms with Gasteiger partial charge in [-0.1, -0.05) is 133 Å². The van der Waals surface area contributed by atoms with Crippen LogP contribution in [0.15, 0.2) is 164 Å². The van der Waals surface area contributed by atoms with Crippen molar-refractivity contribution in [3.8, 4) is 17.1 Å². The molecule has 12 aromatic rings. The fourth-order valence-corrected chi connectivity index (χ4v) is 9.84. The third-order valence-electron chi connectivity index (χ3n) is 10.9. The van der Waals surface area contributed by atoms with Crippen molar-refractivity contribution in [1.29, 1.82) is 0 Å². The van der Waals surface area contributed by atoms with Crippen LogP contribution in [0.1, 0.15) is 0 Å². The minimum absolute atomic E-state index is 0.838. The summed E-state index contributed by atoms with van der Waals surface area (Å²) in [5.41, 5.74) is 6.00. The second kappa shape index (κ2) is 10.5. The first kappa shape index (κ1) is 28.1. The monoisotopic (exact) mass is 677 g/mol. The number of aromatic nitrogens is 3. The maximum Gasteiger partial charge on any atom is 0.165 e. The van der Waals surface area contributed by atoms with Crippen molar-refractivity contribution in [2.45, 2.75) is 0 Å². The number of benzene rings is 9. The smallest absolute Gasteiger partial charge is 0.165 e. The van der Waals surface area contributed by atoms with Crippen LogP contribution in [0.4, 0.5) is 0 Å². The number of thiophene rings is 1. The van der Waals surface area contributed by atoms with E-state index in [1.165, 1.54) is 68.8 Å². The molecule has 0 aliphatic rings. The van der Waals surface area contributed by atoms with E-state index in [1.807, 2.05) is 11.3 Å². The van der Waals surface area contributed by atoms with Gasteiger partial charge in [-0.2, -0.15) is 0 Å². The Morgan fingerprint density at radius 3 is 1.87 bits per heavy atom. The number of rotatable bonds is 2. The van der Waals surface area contributed by atoms with Crippen molar-refractivity contribution < 1.29 is 0 Å². The lowest BCUT2D eigenvalue weighted by Crippen LogP contribution is -2.04. The van der Waals surface area contributed by atoms with Crippen molar-refractivity contribution in [3.63, 3.8) is 0 Å². The summed E-state index contributed by atoms with van der Waals surface area (Å²) in [6.07, 6.45) is 0. The van der Waals surface area contributed by atoms with Crippen LogP contribution in [0.2, 0.25) is 0 Å². The first-order valence-electron chi connectivity index (χ1n) is 17.7. The van der Waals surface area contributed by atoms with Gasteiger partial charge in [-0.25, -0.2) is 9.97 Å². The maximum atomic E-state index is 5.69. The molecule has 0 saturated heterocycles. The largest absolute Gasteiger partial charge is 0.290 e. The zero-order valence-corrected chi connectivity index (χ0v) is 28.7. The molecule has 3 heterocycles. The fraction of sp³-hybridized carbons (Fsp3) is 0. The molecule has 0 radical (unpaired) electrons. The lowest BCUT2D eigenvalue weighted by molar-refractivity contribution is 1.09. The Kier molecular flexibility index (Phi) is 5.65. The van der Waals surface area contributed by atoms with Crippen LogP contribution in [0, 0.1) is 0 Å². The molecular formula is C48H27N3S. The molecule has 0 aliphatic heterocycles. The van der Waals surface area contributed by atoms with Crippen molar-refractivity contribution in [2.75, 3.05) is 0 Å². The number of hydrogen-bond acceptors (Lipinski definition) is 3. The SMILES string of the molecule is c1ccc2cc(-c3nc4ccc5ccccc5c4nc3-n3c4ccccc4c4c5ccccc5c5c6cc7ccccc7cc6sc5c43)ccc2c1. The Balaban J connectivity index is 1.32. The van der Waals surface area contributed by atoms with Crippen LogP contribution < -0.4 is 0 Å². The van der Waals surface area contributed by atoms with E-state index in [-0.39, 0.29) is 0 Å². The van der Waals surface area contributed by atoms with Gasteiger partial charge < -0.3 is 0 Å². The molecule has 0 bridgehead atoms. The normalized spacial score (nSPS) is 12.2. The zero-order valence-electron chi connectivity index (χ0n) is 27.8. The van der Waals surface area contributed by atoms with Crippen LogP contribution in [-0.2, 0) is 0 Å². The average Bonchev–Trinajstić information content (AvgIpc) is 3.75. The average molecular weight is 678 g/mol. The number of nitrogens with zero attached hydrogens (tertiary/aromatic N) is 3. The summed E-state index contributed by atoms with van der Waals surface area (Å²) < 4.78 is 4.97. The van der Waals surface area contributed by atoms with E-state index in [0.29, 0.717) is 0 Å². The minimum Gasteiger partial charge on any atom is -0.290 e. The summed E-state index contributed by atoms with van der Waals surface area (Å²) in [4.78, 5) is 11.2. The Labute approximate surface area is 301 Å². The number of hydrogen-bond donors (Lipinski definition) is 0. The quantitative estimate of drug-likeness (QED) is 0.171. The molecule has 0 amide bonds. The molecule has 240 valence electrons. The second-order valence-corrected chi connectivity index (χ2v) is 14.8. The van der Waals surface area contributed by atoms with Gasteiger partial charge in [0.1, 0.15) is 5.69 Å². The highest BCUT2D eigenvalue weighted by Gasteiger charge is 2.25. The molecule has 52 heavy (non-hydrogen) atoms. The summed E-state index contributed by atoms with van der Waals surface area (Å²) >= 11 is 1.89. The summed E-state index contributed by atoms with van der Waals surface area (Å²) in [6.45, 7) is 0. The van der Waals surface area contributed by atoms with Gasteiger partial charge in [0.25, 0.3) is 0 Å². The van der Waals surface area contributed by atoms with Gasteiger partial charge in [0.15, 0.2) is 5.82 Å². The Hall–Kier alpha value is -6.62. The van der Waals surface area contributed by atoms with Crippen molar-refractivity contribution >= 4 is 107 Å². The first-order chi connectivity index (χ1) is 25.8. The molecule has 3 aromatic heterocycles. The number of fused-ring (bicyclic) bond motifs is 15. The molecule has 0 fully saturated rings. The van der Waals surface area contributed by atoms with Crippen LogP contribution in [-0.4, -0.2) is 14.5 Å². The Bertz CT molecular complexity index is 3480. The van der Waals surface area contributed by atoms with Crippen molar-refractivity contribution in [3.05, 3.63) is 164 Å². The zero-order chi connectivity index (χ0) is 33.9. The molecule has 0 N–H and O–H groups in total. The van der Waals surface area contributed by atoms with Crippen LogP contribution in [0.5, 0.6) is 0 Å². The first-order valence-corrected chi connectivity index (χ1v) is 18.5. The van der Waals surface area contributed by atoms with Gasteiger partial charge in [-0.3, -0.25) is 4.57 Å². The molecule has 9 aromatic carbocycles. The molecule has 0 saturated carbocycles. The molecule has 0 unspecified atom stereocenters. The third kappa shape index (κ3) is 3.84. The molecule has 0 spiro atoms. The van der Waals surface area contributed by atoms with E-state index in [1.54, 1.807) is 0 Å². The highest BCUT2D eigenvalue weighted by atomic mass is 32.1. The van der Waals surface area contributed by atoms with Gasteiger partial charge in [0.2, 0.25) is 0 Å². The van der Waals surface area contributed by atoms with E-state index in [9.17, 15) is 0 Å². The third-order valence-corrected chi connectivity index (χ3v) is 12.0. The highest BCUT2D eigenvalue weighted by molar-refractivity contribution is 7.27. The summed E-state index contributed by atoms with van der Waals surface area (Å²) in [7, 11) is 0. The molecule has 4 heteroatoms.